The molecule has 2 rings (SSSR count). The van der Waals surface area contributed by atoms with E-state index in [1.54, 1.807) is 0 Å². The third kappa shape index (κ3) is 4.20. The van der Waals surface area contributed by atoms with E-state index in [1.165, 1.54) is 36.8 Å². The molecule has 0 aromatic heterocycles. The Hall–Kier alpha value is -0.570. The van der Waals surface area contributed by atoms with E-state index in [1.807, 2.05) is 12.1 Å². The molecule has 0 bridgehead atoms. The molecule has 0 heterocycles. The number of aliphatic hydroxyl groups is 1. The minimum atomic E-state index is 0.340. The average Bonchev–Trinajstić information content (AvgIpc) is 2.42. The summed E-state index contributed by atoms with van der Waals surface area (Å²) in [5.41, 5.74) is 2.54. The second kappa shape index (κ2) is 7.28. The Morgan fingerprint density at radius 3 is 2.68 bits per heavy atom. The zero-order chi connectivity index (χ0) is 13.7. The van der Waals surface area contributed by atoms with Crippen molar-refractivity contribution < 1.29 is 5.11 Å². The first-order chi connectivity index (χ1) is 9.20. The fraction of sp³-hybridized carbons (Fsp3) is 0.625. The molecular formula is C16H24ClNO. The van der Waals surface area contributed by atoms with Crippen LogP contribution in [-0.4, -0.2) is 18.3 Å². The number of rotatable bonds is 5. The summed E-state index contributed by atoms with van der Waals surface area (Å²) in [6.45, 7) is 4.33. The van der Waals surface area contributed by atoms with Crippen molar-refractivity contribution in [2.24, 2.45) is 11.8 Å². The number of hydrogen-bond donors (Lipinski definition) is 2. The lowest BCUT2D eigenvalue weighted by atomic mass is 9.79. The van der Waals surface area contributed by atoms with Crippen LogP contribution in [0.1, 0.15) is 36.8 Å². The molecule has 0 spiro atoms. The number of benzene rings is 1. The molecular weight excluding hydrogens is 258 g/mol. The van der Waals surface area contributed by atoms with E-state index < -0.39 is 0 Å². The van der Waals surface area contributed by atoms with Crippen molar-refractivity contribution in [3.63, 3.8) is 0 Å². The van der Waals surface area contributed by atoms with E-state index >= 15 is 0 Å². The third-order valence-electron chi connectivity index (χ3n) is 4.33. The van der Waals surface area contributed by atoms with Crippen LogP contribution in [0.15, 0.2) is 18.2 Å². The van der Waals surface area contributed by atoms with Gasteiger partial charge in [-0.15, -0.1) is 0 Å². The molecule has 2 nitrogen and oxygen atoms in total. The van der Waals surface area contributed by atoms with E-state index in [4.69, 9.17) is 11.6 Å². The Morgan fingerprint density at radius 1 is 1.26 bits per heavy atom. The topological polar surface area (TPSA) is 32.3 Å². The normalized spacial score (nSPS) is 23.5. The van der Waals surface area contributed by atoms with Crippen LogP contribution < -0.4 is 5.32 Å². The highest BCUT2D eigenvalue weighted by molar-refractivity contribution is 6.30. The van der Waals surface area contributed by atoms with Gasteiger partial charge in [-0.2, -0.15) is 0 Å². The van der Waals surface area contributed by atoms with Gasteiger partial charge in [0.1, 0.15) is 0 Å². The summed E-state index contributed by atoms with van der Waals surface area (Å²) in [4.78, 5) is 0. The number of aryl methyl sites for hydroxylation is 1. The Labute approximate surface area is 121 Å². The zero-order valence-corrected chi connectivity index (χ0v) is 12.4. The summed E-state index contributed by atoms with van der Waals surface area (Å²) < 4.78 is 0. The first kappa shape index (κ1) is 14.8. The lowest BCUT2D eigenvalue weighted by Crippen LogP contribution is -2.32. The largest absolute Gasteiger partial charge is 0.396 e. The monoisotopic (exact) mass is 281 g/mol. The van der Waals surface area contributed by atoms with Gasteiger partial charge in [-0.05, 0) is 61.4 Å². The number of nitrogens with one attached hydrogen (secondary N) is 1. The average molecular weight is 282 g/mol. The van der Waals surface area contributed by atoms with Crippen LogP contribution in [0.5, 0.6) is 0 Å². The Bertz CT molecular complexity index is 408. The Balaban J connectivity index is 1.82. The van der Waals surface area contributed by atoms with Gasteiger partial charge >= 0.3 is 0 Å². The minimum Gasteiger partial charge on any atom is -0.396 e. The Morgan fingerprint density at radius 2 is 2.00 bits per heavy atom. The van der Waals surface area contributed by atoms with Crippen LogP contribution >= 0.6 is 11.6 Å². The Kier molecular flexibility index (Phi) is 5.68. The zero-order valence-electron chi connectivity index (χ0n) is 11.7. The maximum atomic E-state index is 9.41. The van der Waals surface area contributed by atoms with E-state index in [0.29, 0.717) is 18.4 Å². The van der Waals surface area contributed by atoms with Gasteiger partial charge in [0.25, 0.3) is 0 Å². The highest BCUT2D eigenvalue weighted by Gasteiger charge is 2.23. The van der Waals surface area contributed by atoms with Crippen molar-refractivity contribution in [2.75, 3.05) is 13.2 Å². The summed E-state index contributed by atoms with van der Waals surface area (Å²) in [7, 11) is 0. The van der Waals surface area contributed by atoms with E-state index in [-0.39, 0.29) is 0 Å². The van der Waals surface area contributed by atoms with Crippen molar-refractivity contribution in [2.45, 2.75) is 39.2 Å². The molecule has 2 unspecified atom stereocenters. The molecule has 1 fully saturated rings. The van der Waals surface area contributed by atoms with Crippen molar-refractivity contribution in [1.82, 2.24) is 5.32 Å². The van der Waals surface area contributed by atoms with Gasteiger partial charge in [0.05, 0.1) is 0 Å². The van der Waals surface area contributed by atoms with Gasteiger partial charge in [0, 0.05) is 18.2 Å². The van der Waals surface area contributed by atoms with Crippen molar-refractivity contribution in [3.8, 4) is 0 Å². The highest BCUT2D eigenvalue weighted by Crippen LogP contribution is 2.29. The van der Waals surface area contributed by atoms with Gasteiger partial charge in [0.2, 0.25) is 0 Å². The van der Waals surface area contributed by atoms with E-state index in [9.17, 15) is 5.11 Å². The lowest BCUT2D eigenvalue weighted by molar-refractivity contribution is 0.133. The second-order valence-electron chi connectivity index (χ2n) is 5.69. The molecule has 2 atom stereocenters. The molecule has 1 aromatic rings. The SMILES string of the molecule is Cc1cc(Cl)ccc1CNCC1CCCCC1CO. The van der Waals surface area contributed by atoms with Crippen LogP contribution in [-0.2, 0) is 6.54 Å². The van der Waals surface area contributed by atoms with Crippen LogP contribution in [0.2, 0.25) is 5.02 Å². The molecule has 106 valence electrons. The standard InChI is InChI=1S/C16H24ClNO/c1-12-8-16(17)7-6-13(12)9-18-10-14-4-2-3-5-15(14)11-19/h6-8,14-15,18-19H,2-5,9-11H2,1H3. The molecule has 0 aliphatic heterocycles. The van der Waals surface area contributed by atoms with Crippen LogP contribution in [0.25, 0.3) is 0 Å². The fourth-order valence-corrected chi connectivity index (χ4v) is 3.27. The predicted molar refractivity (Wildman–Crippen MR) is 80.4 cm³/mol. The molecule has 1 aliphatic rings. The molecule has 0 saturated heterocycles. The summed E-state index contributed by atoms with van der Waals surface area (Å²) in [5, 5.41) is 13.8. The van der Waals surface area contributed by atoms with Crippen molar-refractivity contribution in [1.29, 1.82) is 0 Å². The van der Waals surface area contributed by atoms with Crippen LogP contribution in [0.3, 0.4) is 0 Å². The molecule has 0 amide bonds. The van der Waals surface area contributed by atoms with Crippen LogP contribution in [0.4, 0.5) is 0 Å². The predicted octanol–water partition coefficient (Wildman–Crippen LogP) is 3.54. The first-order valence-electron chi connectivity index (χ1n) is 7.27. The maximum Gasteiger partial charge on any atom is 0.0462 e. The van der Waals surface area contributed by atoms with Crippen LogP contribution in [0, 0.1) is 18.8 Å². The number of hydrogen-bond acceptors (Lipinski definition) is 2. The molecule has 2 N–H and O–H groups in total. The highest BCUT2D eigenvalue weighted by atomic mass is 35.5. The fourth-order valence-electron chi connectivity index (χ4n) is 3.04. The molecule has 1 aliphatic carbocycles. The molecule has 0 radical (unpaired) electrons. The summed E-state index contributed by atoms with van der Waals surface area (Å²) >= 11 is 5.96. The van der Waals surface area contributed by atoms with Gasteiger partial charge in [-0.3, -0.25) is 0 Å². The number of halogens is 1. The van der Waals surface area contributed by atoms with Crippen molar-refractivity contribution >= 4 is 11.6 Å². The second-order valence-corrected chi connectivity index (χ2v) is 6.13. The van der Waals surface area contributed by atoms with E-state index in [2.05, 4.69) is 18.3 Å². The van der Waals surface area contributed by atoms with Crippen molar-refractivity contribution in [3.05, 3.63) is 34.3 Å². The first-order valence-corrected chi connectivity index (χ1v) is 7.65. The molecule has 3 heteroatoms. The molecule has 19 heavy (non-hydrogen) atoms. The van der Waals surface area contributed by atoms with E-state index in [0.717, 1.165) is 18.1 Å². The summed E-state index contributed by atoms with van der Waals surface area (Å²) in [6.07, 6.45) is 5.02. The van der Waals surface area contributed by atoms with Gasteiger partial charge < -0.3 is 10.4 Å². The lowest BCUT2D eigenvalue weighted by Gasteiger charge is -2.30. The summed E-state index contributed by atoms with van der Waals surface area (Å²) in [5.74, 6) is 1.12. The number of aliphatic hydroxyl groups excluding tert-OH is 1. The van der Waals surface area contributed by atoms with Gasteiger partial charge in [-0.25, -0.2) is 0 Å². The third-order valence-corrected chi connectivity index (χ3v) is 4.56. The summed E-state index contributed by atoms with van der Waals surface area (Å²) in [6, 6.07) is 6.05. The smallest absolute Gasteiger partial charge is 0.0462 e. The van der Waals surface area contributed by atoms with Gasteiger partial charge in [-0.1, -0.05) is 30.5 Å². The quantitative estimate of drug-likeness (QED) is 0.865. The van der Waals surface area contributed by atoms with Gasteiger partial charge in [0.15, 0.2) is 0 Å². The molecule has 1 aromatic carbocycles. The maximum absolute atomic E-state index is 9.41. The minimum absolute atomic E-state index is 0.340. The molecule has 1 saturated carbocycles.